The Kier molecular flexibility index (Phi) is 6.49. The zero-order chi connectivity index (χ0) is 17.4. The van der Waals surface area contributed by atoms with E-state index in [9.17, 15) is 0 Å². The van der Waals surface area contributed by atoms with Crippen LogP contribution in [-0.4, -0.2) is 32.7 Å². The van der Waals surface area contributed by atoms with Crippen molar-refractivity contribution in [2.75, 3.05) is 37.0 Å². The molecule has 0 aliphatic rings. The van der Waals surface area contributed by atoms with E-state index in [0.29, 0.717) is 12.5 Å². The molecule has 128 valence electrons. The van der Waals surface area contributed by atoms with Gasteiger partial charge in [0.2, 0.25) is 0 Å². The van der Waals surface area contributed by atoms with Gasteiger partial charge in [-0.1, -0.05) is 18.2 Å². The lowest BCUT2D eigenvalue weighted by atomic mass is 10.2. The summed E-state index contributed by atoms with van der Waals surface area (Å²) in [5.41, 5.74) is 9.37. The SMILES string of the molecule is CCN(CCN=C(N)Nc1ccc(OC)cc1)c1ccccc1C. The minimum atomic E-state index is 0.418. The Hall–Kier alpha value is -2.69. The van der Waals surface area contributed by atoms with Crippen molar-refractivity contribution in [1.29, 1.82) is 0 Å². The van der Waals surface area contributed by atoms with Gasteiger partial charge in [-0.25, -0.2) is 0 Å². The van der Waals surface area contributed by atoms with Gasteiger partial charge in [0, 0.05) is 24.5 Å². The van der Waals surface area contributed by atoms with E-state index in [-0.39, 0.29) is 0 Å². The molecule has 2 aromatic rings. The summed E-state index contributed by atoms with van der Waals surface area (Å²) in [5, 5.41) is 3.09. The van der Waals surface area contributed by atoms with E-state index in [0.717, 1.165) is 24.5 Å². The third-order valence-corrected chi connectivity index (χ3v) is 3.85. The second-order valence-electron chi connectivity index (χ2n) is 5.49. The van der Waals surface area contributed by atoms with Crippen molar-refractivity contribution >= 4 is 17.3 Å². The maximum atomic E-state index is 5.96. The molecule has 0 bridgehead atoms. The largest absolute Gasteiger partial charge is 0.497 e. The van der Waals surface area contributed by atoms with Crippen LogP contribution in [0.15, 0.2) is 53.5 Å². The highest BCUT2D eigenvalue weighted by Crippen LogP contribution is 2.18. The summed E-state index contributed by atoms with van der Waals surface area (Å²) < 4.78 is 5.13. The number of para-hydroxylation sites is 1. The van der Waals surface area contributed by atoms with Crippen LogP contribution in [0.25, 0.3) is 0 Å². The third kappa shape index (κ3) is 4.91. The maximum absolute atomic E-state index is 5.96. The summed E-state index contributed by atoms with van der Waals surface area (Å²) in [6, 6.07) is 16.0. The standard InChI is InChI=1S/C19H26N4O/c1-4-23(18-8-6-5-7-15(18)2)14-13-21-19(20)22-16-9-11-17(24-3)12-10-16/h5-12H,4,13-14H2,1-3H3,(H3,20,21,22). The molecule has 0 aliphatic carbocycles. The topological polar surface area (TPSA) is 62.9 Å². The monoisotopic (exact) mass is 326 g/mol. The second kappa shape index (κ2) is 8.82. The fourth-order valence-corrected chi connectivity index (χ4v) is 2.52. The Morgan fingerprint density at radius 2 is 1.88 bits per heavy atom. The molecule has 0 heterocycles. The second-order valence-corrected chi connectivity index (χ2v) is 5.49. The first kappa shape index (κ1) is 17.7. The van der Waals surface area contributed by atoms with E-state index < -0.39 is 0 Å². The number of nitrogens with zero attached hydrogens (tertiary/aromatic N) is 2. The van der Waals surface area contributed by atoms with Crippen LogP contribution in [0, 0.1) is 6.92 Å². The van der Waals surface area contributed by atoms with Crippen LogP contribution in [0.1, 0.15) is 12.5 Å². The molecule has 0 saturated heterocycles. The first-order valence-electron chi connectivity index (χ1n) is 8.15. The molecule has 0 unspecified atom stereocenters. The Morgan fingerprint density at radius 1 is 1.17 bits per heavy atom. The van der Waals surface area contributed by atoms with Gasteiger partial charge in [-0.3, -0.25) is 4.99 Å². The average Bonchev–Trinajstić information content (AvgIpc) is 2.60. The lowest BCUT2D eigenvalue weighted by molar-refractivity contribution is 0.415. The summed E-state index contributed by atoms with van der Waals surface area (Å²) in [5.74, 6) is 1.23. The first-order chi connectivity index (χ1) is 11.6. The molecular formula is C19H26N4O. The smallest absolute Gasteiger partial charge is 0.193 e. The zero-order valence-electron chi connectivity index (χ0n) is 14.6. The number of hydrogen-bond acceptors (Lipinski definition) is 3. The minimum absolute atomic E-state index is 0.418. The molecule has 5 nitrogen and oxygen atoms in total. The normalized spacial score (nSPS) is 11.2. The van der Waals surface area contributed by atoms with Gasteiger partial charge in [0.25, 0.3) is 0 Å². The molecule has 0 saturated carbocycles. The van der Waals surface area contributed by atoms with Crippen molar-refractivity contribution in [3.63, 3.8) is 0 Å². The summed E-state index contributed by atoms with van der Waals surface area (Å²) in [6.07, 6.45) is 0. The van der Waals surface area contributed by atoms with Gasteiger partial charge in [-0.15, -0.1) is 0 Å². The molecule has 0 spiro atoms. The van der Waals surface area contributed by atoms with Gasteiger partial charge in [0.1, 0.15) is 5.75 Å². The molecule has 0 atom stereocenters. The predicted octanol–water partition coefficient (Wildman–Crippen LogP) is 3.26. The van der Waals surface area contributed by atoms with Gasteiger partial charge in [-0.05, 0) is 49.7 Å². The van der Waals surface area contributed by atoms with Crippen molar-refractivity contribution in [1.82, 2.24) is 0 Å². The maximum Gasteiger partial charge on any atom is 0.193 e. The van der Waals surface area contributed by atoms with Crippen molar-refractivity contribution in [2.45, 2.75) is 13.8 Å². The number of benzene rings is 2. The van der Waals surface area contributed by atoms with Crippen LogP contribution >= 0.6 is 0 Å². The van der Waals surface area contributed by atoms with E-state index >= 15 is 0 Å². The molecule has 0 aliphatic heterocycles. The van der Waals surface area contributed by atoms with Gasteiger partial charge in [0.15, 0.2) is 5.96 Å². The molecular weight excluding hydrogens is 300 g/mol. The Bertz CT molecular complexity index is 667. The number of likely N-dealkylation sites (N-methyl/N-ethyl adjacent to an activating group) is 1. The summed E-state index contributed by atoms with van der Waals surface area (Å²) in [7, 11) is 1.65. The van der Waals surface area contributed by atoms with Crippen molar-refractivity contribution in [3.05, 3.63) is 54.1 Å². The third-order valence-electron chi connectivity index (χ3n) is 3.85. The first-order valence-corrected chi connectivity index (χ1v) is 8.15. The van der Waals surface area contributed by atoms with E-state index in [1.807, 2.05) is 24.3 Å². The highest BCUT2D eigenvalue weighted by molar-refractivity contribution is 5.92. The number of nitrogens with two attached hydrogens (primary N) is 1. The Labute approximate surface area is 144 Å². The molecule has 2 aromatic carbocycles. The van der Waals surface area contributed by atoms with Crippen molar-refractivity contribution in [2.24, 2.45) is 10.7 Å². The van der Waals surface area contributed by atoms with Crippen LogP contribution in [0.5, 0.6) is 5.75 Å². The molecule has 2 rings (SSSR count). The van der Waals surface area contributed by atoms with Gasteiger partial charge in [0.05, 0.1) is 13.7 Å². The summed E-state index contributed by atoms with van der Waals surface area (Å²) in [4.78, 5) is 6.72. The van der Waals surface area contributed by atoms with Gasteiger partial charge >= 0.3 is 0 Å². The van der Waals surface area contributed by atoms with E-state index in [1.165, 1.54) is 11.3 Å². The van der Waals surface area contributed by atoms with Crippen LogP contribution < -0.4 is 20.7 Å². The number of aliphatic imine (C=N–C) groups is 1. The number of guanidine groups is 1. The highest BCUT2D eigenvalue weighted by atomic mass is 16.5. The summed E-state index contributed by atoms with van der Waals surface area (Å²) in [6.45, 7) is 6.67. The molecule has 0 fully saturated rings. The lowest BCUT2D eigenvalue weighted by Crippen LogP contribution is -2.29. The van der Waals surface area contributed by atoms with E-state index in [1.54, 1.807) is 7.11 Å². The predicted molar refractivity (Wildman–Crippen MR) is 102 cm³/mol. The number of rotatable bonds is 7. The fourth-order valence-electron chi connectivity index (χ4n) is 2.52. The molecule has 24 heavy (non-hydrogen) atoms. The number of anilines is 2. The number of ether oxygens (including phenoxy) is 1. The minimum Gasteiger partial charge on any atom is -0.497 e. The number of nitrogens with one attached hydrogen (secondary N) is 1. The lowest BCUT2D eigenvalue weighted by Gasteiger charge is -2.24. The average molecular weight is 326 g/mol. The summed E-state index contributed by atoms with van der Waals surface area (Å²) >= 11 is 0. The molecule has 0 aromatic heterocycles. The van der Waals surface area contributed by atoms with E-state index in [4.69, 9.17) is 10.5 Å². The quantitative estimate of drug-likeness (QED) is 0.605. The van der Waals surface area contributed by atoms with Crippen LogP contribution in [0.4, 0.5) is 11.4 Å². The van der Waals surface area contributed by atoms with Gasteiger partial charge < -0.3 is 20.7 Å². The van der Waals surface area contributed by atoms with Gasteiger partial charge in [-0.2, -0.15) is 0 Å². The van der Waals surface area contributed by atoms with Crippen molar-refractivity contribution < 1.29 is 4.74 Å². The molecule has 3 N–H and O–H groups in total. The molecule has 0 radical (unpaired) electrons. The van der Waals surface area contributed by atoms with E-state index in [2.05, 4.69) is 53.3 Å². The van der Waals surface area contributed by atoms with Crippen molar-refractivity contribution in [3.8, 4) is 5.75 Å². The number of aryl methyl sites for hydroxylation is 1. The van der Waals surface area contributed by atoms with Crippen LogP contribution in [0.3, 0.4) is 0 Å². The van der Waals surface area contributed by atoms with Crippen LogP contribution in [-0.2, 0) is 0 Å². The highest BCUT2D eigenvalue weighted by Gasteiger charge is 2.06. The Balaban J connectivity index is 1.90. The Morgan fingerprint density at radius 3 is 2.50 bits per heavy atom. The fraction of sp³-hybridized carbons (Fsp3) is 0.316. The molecule has 0 amide bonds. The van der Waals surface area contributed by atoms with Crippen LogP contribution in [0.2, 0.25) is 0 Å². The zero-order valence-corrected chi connectivity index (χ0v) is 14.6. The molecule has 5 heteroatoms. The number of hydrogen-bond donors (Lipinski definition) is 2. The number of methoxy groups -OCH3 is 1.